The molecule has 0 spiro atoms. The molecule has 2 aromatic rings. The van der Waals surface area contributed by atoms with Crippen molar-refractivity contribution in [1.82, 2.24) is 0 Å². The van der Waals surface area contributed by atoms with Gasteiger partial charge in [-0.25, -0.2) is 4.90 Å². The molecule has 24 heavy (non-hydrogen) atoms. The van der Waals surface area contributed by atoms with E-state index >= 15 is 0 Å². The fourth-order valence-corrected chi connectivity index (χ4v) is 4.33. The van der Waals surface area contributed by atoms with E-state index < -0.39 is 11.1 Å². The lowest BCUT2D eigenvalue weighted by Gasteiger charge is -2.12. The van der Waals surface area contributed by atoms with E-state index in [1.54, 1.807) is 36.4 Å². The second-order valence-electron chi connectivity index (χ2n) is 4.82. The molecule has 0 radical (unpaired) electrons. The molecule has 1 saturated heterocycles. The Morgan fingerprint density at radius 2 is 1.79 bits per heavy atom. The molecule has 0 atom stereocenters. The van der Waals surface area contributed by atoms with Crippen molar-refractivity contribution in [2.45, 2.75) is 0 Å². The summed E-state index contributed by atoms with van der Waals surface area (Å²) < 4.78 is 1.22. The Bertz CT molecular complexity index is 884. The number of amides is 2. The Morgan fingerprint density at radius 1 is 1.12 bits per heavy atom. The minimum Gasteiger partial charge on any atom is -0.506 e. The molecule has 1 N–H and O–H groups in total. The van der Waals surface area contributed by atoms with Gasteiger partial charge in [0.1, 0.15) is 5.75 Å². The summed E-state index contributed by atoms with van der Waals surface area (Å²) >= 11 is 13.2. The highest BCUT2D eigenvalue weighted by molar-refractivity contribution is 9.11. The molecule has 0 aliphatic carbocycles. The third-order valence-corrected chi connectivity index (χ3v) is 5.41. The van der Waals surface area contributed by atoms with Gasteiger partial charge in [-0.05, 0) is 70.2 Å². The van der Waals surface area contributed by atoms with Crippen molar-refractivity contribution in [2.75, 3.05) is 4.90 Å². The number of anilines is 1. The van der Waals surface area contributed by atoms with Crippen LogP contribution in [0.3, 0.4) is 0 Å². The van der Waals surface area contributed by atoms with Crippen LogP contribution < -0.4 is 4.90 Å². The third kappa shape index (κ3) is 3.39. The van der Waals surface area contributed by atoms with Crippen LogP contribution in [0.25, 0.3) is 6.08 Å². The smallest absolute Gasteiger partial charge is 0.298 e. The number of nitrogens with zero attached hydrogens (tertiary/aromatic N) is 1. The highest BCUT2D eigenvalue weighted by atomic mass is 79.9. The number of imide groups is 1. The Labute approximate surface area is 163 Å². The number of thioether (sulfide) groups is 1. The van der Waals surface area contributed by atoms with Gasteiger partial charge in [-0.3, -0.25) is 9.59 Å². The quantitative estimate of drug-likeness (QED) is 0.541. The Morgan fingerprint density at radius 3 is 2.46 bits per heavy atom. The van der Waals surface area contributed by atoms with Gasteiger partial charge in [0, 0.05) is 15.1 Å². The lowest BCUT2D eigenvalue weighted by atomic mass is 10.2. The second kappa shape index (κ2) is 6.92. The fraction of sp³-hybridized carbons (Fsp3) is 0. The van der Waals surface area contributed by atoms with E-state index in [4.69, 9.17) is 11.6 Å². The Hall–Kier alpha value is -1.28. The molecule has 2 aromatic carbocycles. The highest BCUT2D eigenvalue weighted by Crippen LogP contribution is 2.39. The number of hydrogen-bond acceptors (Lipinski definition) is 4. The highest BCUT2D eigenvalue weighted by Gasteiger charge is 2.36. The molecule has 0 bridgehead atoms. The largest absolute Gasteiger partial charge is 0.506 e. The summed E-state index contributed by atoms with van der Waals surface area (Å²) in [6.07, 6.45) is 1.49. The molecule has 2 amide bonds. The van der Waals surface area contributed by atoms with Crippen LogP contribution in [0.15, 0.2) is 50.2 Å². The van der Waals surface area contributed by atoms with Gasteiger partial charge in [0.05, 0.1) is 15.1 Å². The molecule has 1 aliphatic rings. The van der Waals surface area contributed by atoms with Crippen LogP contribution in [0.4, 0.5) is 10.5 Å². The molecule has 1 aliphatic heterocycles. The molecule has 122 valence electrons. The molecule has 0 aromatic heterocycles. The van der Waals surface area contributed by atoms with Crippen LogP contribution in [0, 0.1) is 0 Å². The summed E-state index contributed by atoms with van der Waals surface area (Å²) in [5.74, 6) is -0.445. The lowest BCUT2D eigenvalue weighted by molar-refractivity contribution is -0.113. The maximum Gasteiger partial charge on any atom is 0.298 e. The molecular formula is C16H8Br2ClNO3S. The number of halogens is 3. The number of hydrogen-bond donors (Lipinski definition) is 1. The summed E-state index contributed by atoms with van der Waals surface area (Å²) in [5, 5.41) is 10.2. The fourth-order valence-electron chi connectivity index (χ4n) is 2.12. The number of carbonyl (C=O) groups is 2. The first-order chi connectivity index (χ1) is 11.4. The molecule has 1 fully saturated rings. The van der Waals surface area contributed by atoms with Gasteiger partial charge in [0.25, 0.3) is 11.1 Å². The van der Waals surface area contributed by atoms with Gasteiger partial charge in [-0.1, -0.05) is 27.5 Å². The Kier molecular flexibility index (Phi) is 5.05. The Balaban J connectivity index is 1.98. The van der Waals surface area contributed by atoms with Crippen LogP contribution in [-0.4, -0.2) is 16.3 Å². The molecule has 8 heteroatoms. The average Bonchev–Trinajstić information content (AvgIpc) is 2.80. The average molecular weight is 490 g/mol. The van der Waals surface area contributed by atoms with E-state index in [2.05, 4.69) is 31.9 Å². The summed E-state index contributed by atoms with van der Waals surface area (Å²) in [5.41, 5.74) is 0.878. The van der Waals surface area contributed by atoms with Gasteiger partial charge in [0.2, 0.25) is 0 Å². The van der Waals surface area contributed by atoms with Crippen molar-refractivity contribution in [1.29, 1.82) is 0 Å². The van der Waals surface area contributed by atoms with Gasteiger partial charge < -0.3 is 5.11 Å². The van der Waals surface area contributed by atoms with E-state index in [1.165, 1.54) is 6.08 Å². The molecule has 0 saturated carbocycles. The SMILES string of the molecule is O=C1SC(=Cc2cc(Br)cc(Br)c2O)C(=O)N1c1ccc(Cl)cc1. The minimum absolute atomic E-state index is 0.00325. The molecular weight excluding hydrogens is 482 g/mol. The van der Waals surface area contributed by atoms with Gasteiger partial charge >= 0.3 is 0 Å². The van der Waals surface area contributed by atoms with E-state index in [0.717, 1.165) is 21.1 Å². The van der Waals surface area contributed by atoms with Crippen LogP contribution in [0.5, 0.6) is 5.75 Å². The van der Waals surface area contributed by atoms with Crippen LogP contribution in [0.2, 0.25) is 5.02 Å². The first kappa shape index (κ1) is 17.5. The van der Waals surface area contributed by atoms with Crippen molar-refractivity contribution >= 4 is 78.1 Å². The van der Waals surface area contributed by atoms with Gasteiger partial charge in [-0.2, -0.15) is 0 Å². The second-order valence-corrected chi connectivity index (χ2v) is 8.02. The summed E-state index contributed by atoms with van der Waals surface area (Å²) in [6.45, 7) is 0. The van der Waals surface area contributed by atoms with Crippen molar-refractivity contribution in [3.8, 4) is 5.75 Å². The summed E-state index contributed by atoms with van der Waals surface area (Å²) in [4.78, 5) is 26.1. The maximum absolute atomic E-state index is 12.6. The van der Waals surface area contributed by atoms with E-state index in [9.17, 15) is 14.7 Å². The molecule has 4 nitrogen and oxygen atoms in total. The number of phenolic OH excluding ortho intramolecular Hbond substituents is 1. The zero-order valence-electron chi connectivity index (χ0n) is 11.8. The number of rotatable bonds is 2. The topological polar surface area (TPSA) is 57.6 Å². The monoisotopic (exact) mass is 487 g/mol. The first-order valence-electron chi connectivity index (χ1n) is 6.58. The van der Waals surface area contributed by atoms with Crippen molar-refractivity contribution in [3.05, 3.63) is 60.8 Å². The van der Waals surface area contributed by atoms with E-state index in [-0.39, 0.29) is 10.7 Å². The zero-order valence-corrected chi connectivity index (χ0v) is 16.5. The minimum atomic E-state index is -0.442. The van der Waals surface area contributed by atoms with Gasteiger partial charge in [0.15, 0.2) is 0 Å². The van der Waals surface area contributed by atoms with Crippen LogP contribution in [0.1, 0.15) is 5.56 Å². The number of carbonyl (C=O) groups excluding carboxylic acids is 2. The van der Waals surface area contributed by atoms with Crippen molar-refractivity contribution in [2.24, 2.45) is 0 Å². The molecule has 0 unspecified atom stereocenters. The molecule has 1 heterocycles. The normalized spacial score (nSPS) is 16.3. The van der Waals surface area contributed by atoms with Gasteiger partial charge in [-0.15, -0.1) is 0 Å². The third-order valence-electron chi connectivity index (χ3n) is 3.22. The zero-order chi connectivity index (χ0) is 17.4. The molecule has 3 rings (SSSR count). The van der Waals surface area contributed by atoms with E-state index in [1.807, 2.05) is 0 Å². The summed E-state index contributed by atoms with van der Waals surface area (Å²) in [6, 6.07) is 9.79. The van der Waals surface area contributed by atoms with E-state index in [0.29, 0.717) is 20.7 Å². The number of phenols is 1. The first-order valence-corrected chi connectivity index (χ1v) is 9.36. The maximum atomic E-state index is 12.6. The standard InChI is InChI=1S/C16H8Br2ClNO3S/c17-9-5-8(14(21)12(18)7-9)6-13-15(22)20(16(23)24-13)11-3-1-10(19)2-4-11/h1-7,21H. The predicted octanol–water partition coefficient (Wildman–Crippen LogP) is 5.81. The van der Waals surface area contributed by atoms with Crippen molar-refractivity contribution in [3.63, 3.8) is 0 Å². The lowest BCUT2D eigenvalue weighted by Crippen LogP contribution is -2.27. The summed E-state index contributed by atoms with van der Waals surface area (Å²) in [7, 11) is 0. The van der Waals surface area contributed by atoms with Crippen molar-refractivity contribution < 1.29 is 14.7 Å². The number of benzene rings is 2. The van der Waals surface area contributed by atoms with Crippen LogP contribution in [-0.2, 0) is 4.79 Å². The van der Waals surface area contributed by atoms with Crippen LogP contribution >= 0.6 is 55.2 Å². The predicted molar refractivity (Wildman–Crippen MR) is 103 cm³/mol. The number of aromatic hydroxyl groups is 1.